The quantitative estimate of drug-likeness (QED) is 0.802. The summed E-state index contributed by atoms with van der Waals surface area (Å²) in [5.74, 6) is 0.00817. The molecule has 1 heterocycles. The van der Waals surface area contributed by atoms with Gasteiger partial charge in [-0.05, 0) is 5.56 Å². The standard InChI is InChI=1S/C19H18N4O/c1-23(13-14-8-4-2-5-9-14)18(24)16-12-21-19(20)22-17(16)15-10-6-3-7-11-15/h2-12H,13H2,1H3,(H2,20,21,22). The van der Waals surface area contributed by atoms with Crippen molar-refractivity contribution in [1.82, 2.24) is 14.9 Å². The zero-order chi connectivity index (χ0) is 16.9. The molecular formula is C19H18N4O. The summed E-state index contributed by atoms with van der Waals surface area (Å²) in [7, 11) is 1.76. The summed E-state index contributed by atoms with van der Waals surface area (Å²) >= 11 is 0. The maximum atomic E-state index is 12.9. The van der Waals surface area contributed by atoms with Crippen LogP contribution in [0.25, 0.3) is 11.3 Å². The second-order valence-electron chi connectivity index (χ2n) is 5.50. The first kappa shape index (κ1) is 15.7. The molecule has 1 aromatic heterocycles. The third-order valence-electron chi connectivity index (χ3n) is 3.69. The number of amides is 1. The van der Waals surface area contributed by atoms with E-state index >= 15 is 0 Å². The average molecular weight is 318 g/mol. The summed E-state index contributed by atoms with van der Waals surface area (Å²) in [6.07, 6.45) is 1.49. The van der Waals surface area contributed by atoms with Crippen molar-refractivity contribution in [1.29, 1.82) is 0 Å². The number of rotatable bonds is 4. The van der Waals surface area contributed by atoms with Gasteiger partial charge in [0.1, 0.15) is 0 Å². The fourth-order valence-corrected chi connectivity index (χ4v) is 2.50. The summed E-state index contributed by atoms with van der Waals surface area (Å²) in [5.41, 5.74) is 8.60. The Morgan fingerprint density at radius 3 is 2.33 bits per heavy atom. The lowest BCUT2D eigenvalue weighted by molar-refractivity contribution is 0.0785. The van der Waals surface area contributed by atoms with Crippen molar-refractivity contribution in [3.63, 3.8) is 0 Å². The van der Waals surface area contributed by atoms with Crippen molar-refractivity contribution in [2.24, 2.45) is 0 Å². The summed E-state index contributed by atoms with van der Waals surface area (Å²) in [5, 5.41) is 0. The molecule has 0 fully saturated rings. The molecule has 120 valence electrons. The minimum absolute atomic E-state index is 0.141. The first-order valence-corrected chi connectivity index (χ1v) is 7.62. The van der Waals surface area contributed by atoms with Gasteiger partial charge in [-0.2, -0.15) is 0 Å². The Kier molecular flexibility index (Phi) is 4.52. The van der Waals surface area contributed by atoms with E-state index in [1.807, 2.05) is 60.7 Å². The van der Waals surface area contributed by atoms with Crippen molar-refractivity contribution in [3.05, 3.63) is 78.0 Å². The normalized spacial score (nSPS) is 10.4. The topological polar surface area (TPSA) is 72.1 Å². The summed E-state index contributed by atoms with van der Waals surface area (Å²) in [6.45, 7) is 0.512. The molecule has 0 aliphatic carbocycles. The molecule has 24 heavy (non-hydrogen) atoms. The molecular weight excluding hydrogens is 300 g/mol. The number of anilines is 1. The number of aromatic nitrogens is 2. The molecule has 0 saturated heterocycles. The summed E-state index contributed by atoms with van der Waals surface area (Å²) in [4.78, 5) is 22.8. The smallest absolute Gasteiger partial charge is 0.257 e. The number of hydrogen-bond acceptors (Lipinski definition) is 4. The van der Waals surface area contributed by atoms with Crippen LogP contribution >= 0.6 is 0 Å². The lowest BCUT2D eigenvalue weighted by atomic mass is 10.1. The molecule has 2 N–H and O–H groups in total. The van der Waals surface area contributed by atoms with Gasteiger partial charge in [-0.3, -0.25) is 4.79 Å². The van der Waals surface area contributed by atoms with Crippen LogP contribution in [0.2, 0.25) is 0 Å². The van der Waals surface area contributed by atoms with Gasteiger partial charge in [0.25, 0.3) is 5.91 Å². The van der Waals surface area contributed by atoms with Crippen molar-refractivity contribution in [2.45, 2.75) is 6.54 Å². The van der Waals surface area contributed by atoms with Gasteiger partial charge in [0, 0.05) is 25.4 Å². The van der Waals surface area contributed by atoms with Gasteiger partial charge in [0.15, 0.2) is 0 Å². The van der Waals surface area contributed by atoms with E-state index in [0.717, 1.165) is 11.1 Å². The molecule has 0 atom stereocenters. The minimum Gasteiger partial charge on any atom is -0.368 e. The van der Waals surface area contributed by atoms with Crippen molar-refractivity contribution in [3.8, 4) is 11.3 Å². The number of benzene rings is 2. The Balaban J connectivity index is 1.92. The van der Waals surface area contributed by atoms with Crippen molar-refractivity contribution in [2.75, 3.05) is 12.8 Å². The van der Waals surface area contributed by atoms with Gasteiger partial charge in [-0.15, -0.1) is 0 Å². The van der Waals surface area contributed by atoms with Gasteiger partial charge >= 0.3 is 0 Å². The predicted molar refractivity (Wildman–Crippen MR) is 94.1 cm³/mol. The molecule has 0 unspecified atom stereocenters. The molecule has 0 saturated carbocycles. The van der Waals surface area contributed by atoms with E-state index in [1.165, 1.54) is 6.20 Å². The molecule has 0 bridgehead atoms. The van der Waals surface area contributed by atoms with Gasteiger partial charge in [0.2, 0.25) is 5.95 Å². The number of carbonyl (C=O) groups excluding carboxylic acids is 1. The first-order valence-electron chi connectivity index (χ1n) is 7.62. The number of carbonyl (C=O) groups is 1. The fraction of sp³-hybridized carbons (Fsp3) is 0.105. The van der Waals surface area contributed by atoms with Gasteiger partial charge in [-0.1, -0.05) is 60.7 Å². The molecule has 0 radical (unpaired) electrons. The van der Waals surface area contributed by atoms with Crippen LogP contribution in [0.4, 0.5) is 5.95 Å². The highest BCUT2D eigenvalue weighted by molar-refractivity contribution is 5.99. The largest absolute Gasteiger partial charge is 0.368 e. The number of nitrogens with zero attached hydrogens (tertiary/aromatic N) is 3. The maximum Gasteiger partial charge on any atom is 0.257 e. The molecule has 3 rings (SSSR count). The van der Waals surface area contributed by atoms with E-state index in [0.29, 0.717) is 17.8 Å². The van der Waals surface area contributed by atoms with Crippen LogP contribution in [0.3, 0.4) is 0 Å². The van der Waals surface area contributed by atoms with Crippen LogP contribution in [-0.4, -0.2) is 27.8 Å². The lowest BCUT2D eigenvalue weighted by Gasteiger charge is -2.19. The molecule has 3 aromatic rings. The van der Waals surface area contributed by atoms with E-state index in [1.54, 1.807) is 11.9 Å². The van der Waals surface area contributed by atoms with Crippen molar-refractivity contribution >= 4 is 11.9 Å². The van der Waals surface area contributed by atoms with Crippen molar-refractivity contribution < 1.29 is 4.79 Å². The van der Waals surface area contributed by atoms with E-state index in [2.05, 4.69) is 9.97 Å². The van der Waals surface area contributed by atoms with Crippen LogP contribution in [0, 0.1) is 0 Å². The summed E-state index contributed by atoms with van der Waals surface area (Å²) < 4.78 is 0. The Bertz CT molecular complexity index is 835. The molecule has 1 amide bonds. The maximum absolute atomic E-state index is 12.9. The number of nitrogen functional groups attached to an aromatic ring is 1. The molecule has 2 aromatic carbocycles. The highest BCUT2D eigenvalue weighted by Crippen LogP contribution is 2.23. The Labute approximate surface area is 140 Å². The van der Waals surface area contributed by atoms with E-state index < -0.39 is 0 Å². The van der Waals surface area contributed by atoms with Crippen LogP contribution in [0.15, 0.2) is 66.9 Å². The molecule has 0 aliphatic heterocycles. The second-order valence-corrected chi connectivity index (χ2v) is 5.50. The van der Waals surface area contributed by atoms with Crippen LogP contribution in [-0.2, 0) is 6.54 Å². The minimum atomic E-state index is -0.141. The van der Waals surface area contributed by atoms with Gasteiger partial charge in [0.05, 0.1) is 11.3 Å². The van der Waals surface area contributed by atoms with E-state index in [9.17, 15) is 4.79 Å². The predicted octanol–water partition coefficient (Wildman–Crippen LogP) is 3.00. The fourth-order valence-electron chi connectivity index (χ4n) is 2.50. The van der Waals surface area contributed by atoms with Crippen LogP contribution in [0.5, 0.6) is 0 Å². The third kappa shape index (κ3) is 3.41. The molecule has 0 aliphatic rings. The van der Waals surface area contributed by atoms with E-state index in [4.69, 9.17) is 5.73 Å². The summed E-state index contributed by atoms with van der Waals surface area (Å²) in [6, 6.07) is 19.3. The van der Waals surface area contributed by atoms with Crippen LogP contribution in [0.1, 0.15) is 15.9 Å². The molecule has 0 spiro atoms. The highest BCUT2D eigenvalue weighted by Gasteiger charge is 2.19. The van der Waals surface area contributed by atoms with Gasteiger partial charge in [-0.25, -0.2) is 9.97 Å². The first-order chi connectivity index (χ1) is 11.6. The number of hydrogen-bond donors (Lipinski definition) is 1. The van der Waals surface area contributed by atoms with E-state index in [-0.39, 0.29) is 11.9 Å². The Hall–Kier alpha value is -3.21. The lowest BCUT2D eigenvalue weighted by Crippen LogP contribution is -2.27. The highest BCUT2D eigenvalue weighted by atomic mass is 16.2. The zero-order valence-electron chi connectivity index (χ0n) is 13.4. The molecule has 5 nitrogen and oxygen atoms in total. The van der Waals surface area contributed by atoms with Gasteiger partial charge < -0.3 is 10.6 Å². The average Bonchev–Trinajstić information content (AvgIpc) is 2.62. The van der Waals surface area contributed by atoms with Crippen LogP contribution < -0.4 is 5.73 Å². The molecule has 5 heteroatoms. The zero-order valence-corrected chi connectivity index (χ0v) is 13.4. The second kappa shape index (κ2) is 6.91. The third-order valence-corrected chi connectivity index (χ3v) is 3.69. The Morgan fingerprint density at radius 1 is 1.04 bits per heavy atom. The monoisotopic (exact) mass is 318 g/mol. The SMILES string of the molecule is CN(Cc1ccccc1)C(=O)c1cnc(N)nc1-c1ccccc1. The number of nitrogens with two attached hydrogens (primary N) is 1. The Morgan fingerprint density at radius 2 is 1.67 bits per heavy atom.